The standard InChI is InChI=1S/C43H29NO2/c1-43(2)36-14-6-3-10-28(36)34-24-26(18-22-37(34)43)44(27-19-23-41-35(25-27)31-12-5-7-16-39(31)45-41)38-15-9-13-32-29(38)20-21-33-30-11-4-8-17-40(30)46-42(32)33/h3-25H,1-2H3. The van der Waals surface area contributed by atoms with E-state index < -0.39 is 0 Å². The zero-order valence-corrected chi connectivity index (χ0v) is 25.5. The molecule has 0 N–H and O–H groups in total. The molecule has 7 aromatic carbocycles. The van der Waals surface area contributed by atoms with Gasteiger partial charge in [0.1, 0.15) is 22.3 Å². The van der Waals surface area contributed by atoms with Crippen LogP contribution in [-0.4, -0.2) is 0 Å². The van der Waals surface area contributed by atoms with Gasteiger partial charge in [-0.3, -0.25) is 0 Å². The van der Waals surface area contributed by atoms with Gasteiger partial charge in [-0.1, -0.05) is 98.8 Å². The van der Waals surface area contributed by atoms with Crippen LogP contribution in [0.15, 0.2) is 148 Å². The van der Waals surface area contributed by atoms with E-state index in [0.29, 0.717) is 0 Å². The molecule has 0 unspecified atom stereocenters. The summed E-state index contributed by atoms with van der Waals surface area (Å²) in [4.78, 5) is 2.40. The van der Waals surface area contributed by atoms with E-state index in [1.807, 2.05) is 24.3 Å². The number of hydrogen-bond donors (Lipinski definition) is 0. The molecule has 0 saturated carbocycles. The van der Waals surface area contributed by atoms with Crippen LogP contribution in [0.25, 0.3) is 65.8 Å². The molecule has 0 saturated heterocycles. The van der Waals surface area contributed by atoms with Crippen LogP contribution in [0.4, 0.5) is 17.1 Å². The van der Waals surface area contributed by atoms with Gasteiger partial charge in [-0.15, -0.1) is 0 Å². The molecule has 0 amide bonds. The van der Waals surface area contributed by atoms with Gasteiger partial charge < -0.3 is 13.7 Å². The highest BCUT2D eigenvalue weighted by Gasteiger charge is 2.35. The summed E-state index contributed by atoms with van der Waals surface area (Å²) in [5.41, 5.74) is 12.1. The molecule has 1 aliphatic carbocycles. The number of rotatable bonds is 3. The van der Waals surface area contributed by atoms with Gasteiger partial charge in [0.25, 0.3) is 0 Å². The Kier molecular flexibility index (Phi) is 5.06. The summed E-state index contributed by atoms with van der Waals surface area (Å²) in [5, 5.41) is 6.72. The maximum atomic E-state index is 6.50. The van der Waals surface area contributed by atoms with E-state index in [0.717, 1.165) is 71.7 Å². The van der Waals surface area contributed by atoms with Gasteiger partial charge in [0, 0.05) is 49.1 Å². The minimum atomic E-state index is -0.0593. The van der Waals surface area contributed by atoms with Crippen molar-refractivity contribution in [2.24, 2.45) is 0 Å². The summed E-state index contributed by atoms with van der Waals surface area (Å²) in [5.74, 6) is 0. The first kappa shape index (κ1) is 25.5. The van der Waals surface area contributed by atoms with Gasteiger partial charge in [-0.25, -0.2) is 0 Å². The summed E-state index contributed by atoms with van der Waals surface area (Å²) < 4.78 is 12.7. The average molecular weight is 592 g/mol. The molecule has 0 bridgehead atoms. The molecule has 0 radical (unpaired) electrons. The van der Waals surface area contributed by atoms with Crippen molar-refractivity contribution in [3.05, 3.63) is 151 Å². The van der Waals surface area contributed by atoms with Crippen molar-refractivity contribution >= 4 is 71.7 Å². The zero-order valence-electron chi connectivity index (χ0n) is 25.5. The molecule has 2 aromatic heterocycles. The topological polar surface area (TPSA) is 29.5 Å². The van der Waals surface area contributed by atoms with Crippen molar-refractivity contribution in [1.29, 1.82) is 0 Å². The molecule has 0 fully saturated rings. The van der Waals surface area contributed by atoms with Crippen LogP contribution in [0.2, 0.25) is 0 Å². The highest BCUT2D eigenvalue weighted by molar-refractivity contribution is 6.18. The van der Waals surface area contributed by atoms with Crippen LogP contribution in [0, 0.1) is 0 Å². The zero-order chi connectivity index (χ0) is 30.6. The van der Waals surface area contributed by atoms with Crippen molar-refractivity contribution in [2.45, 2.75) is 19.3 Å². The number of hydrogen-bond acceptors (Lipinski definition) is 3. The van der Waals surface area contributed by atoms with E-state index in [1.165, 1.54) is 22.3 Å². The normalized spacial score (nSPS) is 13.6. The predicted octanol–water partition coefficient (Wildman–Crippen LogP) is 12.4. The Bertz CT molecular complexity index is 2690. The Morgan fingerprint density at radius 2 is 1.04 bits per heavy atom. The number of nitrogens with zero attached hydrogens (tertiary/aromatic N) is 1. The Morgan fingerprint density at radius 1 is 0.435 bits per heavy atom. The number of benzene rings is 7. The summed E-state index contributed by atoms with van der Waals surface area (Å²) in [6, 6.07) is 49.9. The Balaban J connectivity index is 1.26. The lowest BCUT2D eigenvalue weighted by molar-refractivity contribution is 0.660. The highest BCUT2D eigenvalue weighted by Crippen LogP contribution is 2.51. The second-order valence-electron chi connectivity index (χ2n) is 12.9. The molecule has 218 valence electrons. The lowest BCUT2D eigenvalue weighted by atomic mass is 9.82. The molecular formula is C43H29NO2. The van der Waals surface area contributed by atoms with E-state index in [4.69, 9.17) is 8.83 Å². The second kappa shape index (κ2) is 9.12. The third-order valence-electron chi connectivity index (χ3n) is 10.1. The summed E-state index contributed by atoms with van der Waals surface area (Å²) >= 11 is 0. The first-order chi connectivity index (χ1) is 22.6. The SMILES string of the molecule is CC1(C)c2ccccc2-c2cc(N(c3ccc4oc5ccccc5c4c3)c3cccc4c3ccc3c5ccccc5oc43)ccc21. The van der Waals surface area contributed by atoms with Gasteiger partial charge in [0.05, 0.1) is 5.69 Å². The maximum absolute atomic E-state index is 6.50. The van der Waals surface area contributed by atoms with E-state index in [-0.39, 0.29) is 5.41 Å². The lowest BCUT2D eigenvalue weighted by Crippen LogP contribution is -2.15. The van der Waals surface area contributed by atoms with E-state index in [9.17, 15) is 0 Å². The second-order valence-corrected chi connectivity index (χ2v) is 12.9. The summed E-state index contributed by atoms with van der Waals surface area (Å²) in [6.45, 7) is 4.66. The van der Waals surface area contributed by atoms with Gasteiger partial charge >= 0.3 is 0 Å². The number of furan rings is 2. The number of para-hydroxylation sites is 2. The van der Waals surface area contributed by atoms with Gasteiger partial charge in [0.2, 0.25) is 0 Å². The molecule has 3 heteroatoms. The first-order valence-electron chi connectivity index (χ1n) is 15.9. The maximum Gasteiger partial charge on any atom is 0.143 e. The third kappa shape index (κ3) is 3.43. The quantitative estimate of drug-likeness (QED) is 0.205. The van der Waals surface area contributed by atoms with Crippen LogP contribution in [0.3, 0.4) is 0 Å². The molecular weight excluding hydrogens is 562 g/mol. The number of fused-ring (bicyclic) bond motifs is 11. The molecule has 3 nitrogen and oxygen atoms in total. The highest BCUT2D eigenvalue weighted by atomic mass is 16.3. The molecule has 10 rings (SSSR count). The summed E-state index contributed by atoms with van der Waals surface area (Å²) in [6.07, 6.45) is 0. The fourth-order valence-corrected chi connectivity index (χ4v) is 7.85. The fourth-order valence-electron chi connectivity index (χ4n) is 7.85. The Morgan fingerprint density at radius 3 is 1.91 bits per heavy atom. The van der Waals surface area contributed by atoms with Crippen molar-refractivity contribution < 1.29 is 8.83 Å². The van der Waals surface area contributed by atoms with Crippen molar-refractivity contribution in [1.82, 2.24) is 0 Å². The molecule has 46 heavy (non-hydrogen) atoms. The lowest BCUT2D eigenvalue weighted by Gasteiger charge is -2.28. The van der Waals surface area contributed by atoms with Crippen LogP contribution < -0.4 is 4.90 Å². The minimum Gasteiger partial charge on any atom is -0.456 e. The van der Waals surface area contributed by atoms with E-state index >= 15 is 0 Å². The first-order valence-corrected chi connectivity index (χ1v) is 15.9. The van der Waals surface area contributed by atoms with Crippen LogP contribution in [0.5, 0.6) is 0 Å². The number of anilines is 3. The molecule has 9 aromatic rings. The predicted molar refractivity (Wildman–Crippen MR) is 191 cm³/mol. The molecule has 0 aliphatic heterocycles. The molecule has 2 heterocycles. The smallest absolute Gasteiger partial charge is 0.143 e. The van der Waals surface area contributed by atoms with Crippen LogP contribution in [-0.2, 0) is 5.41 Å². The fraction of sp³-hybridized carbons (Fsp3) is 0.0698. The summed E-state index contributed by atoms with van der Waals surface area (Å²) in [7, 11) is 0. The van der Waals surface area contributed by atoms with Gasteiger partial charge in [0.15, 0.2) is 0 Å². The van der Waals surface area contributed by atoms with Gasteiger partial charge in [-0.2, -0.15) is 0 Å². The van der Waals surface area contributed by atoms with E-state index in [2.05, 4.69) is 134 Å². The molecule has 1 aliphatic rings. The Labute approximate surface area is 265 Å². The molecule has 0 atom stereocenters. The van der Waals surface area contributed by atoms with Gasteiger partial charge in [-0.05, 0) is 76.9 Å². The van der Waals surface area contributed by atoms with Crippen molar-refractivity contribution in [3.8, 4) is 11.1 Å². The molecule has 0 spiro atoms. The minimum absolute atomic E-state index is 0.0593. The van der Waals surface area contributed by atoms with Crippen LogP contribution in [0.1, 0.15) is 25.0 Å². The van der Waals surface area contributed by atoms with Crippen LogP contribution >= 0.6 is 0 Å². The van der Waals surface area contributed by atoms with Crippen molar-refractivity contribution in [2.75, 3.05) is 4.90 Å². The average Bonchev–Trinajstić information content (AvgIpc) is 3.73. The van der Waals surface area contributed by atoms with Crippen molar-refractivity contribution in [3.63, 3.8) is 0 Å². The van der Waals surface area contributed by atoms with E-state index in [1.54, 1.807) is 0 Å². The largest absolute Gasteiger partial charge is 0.456 e. The third-order valence-corrected chi connectivity index (χ3v) is 10.1. The Hall–Kier alpha value is -5.80. The monoisotopic (exact) mass is 591 g/mol.